The van der Waals surface area contributed by atoms with Crippen molar-refractivity contribution in [3.63, 3.8) is 0 Å². The highest BCUT2D eigenvalue weighted by Gasteiger charge is 2.02. The van der Waals surface area contributed by atoms with E-state index in [2.05, 4.69) is 25.6 Å². The molecule has 0 fully saturated rings. The summed E-state index contributed by atoms with van der Waals surface area (Å²) in [6.45, 7) is 7.96. The summed E-state index contributed by atoms with van der Waals surface area (Å²) in [5.74, 6) is 0. The molecule has 0 spiro atoms. The van der Waals surface area contributed by atoms with Gasteiger partial charge in [-0.25, -0.2) is 0 Å². The van der Waals surface area contributed by atoms with Gasteiger partial charge in [-0.3, -0.25) is 0 Å². The molecule has 0 aromatic heterocycles. The quantitative estimate of drug-likeness (QED) is 0.708. The lowest BCUT2D eigenvalue weighted by molar-refractivity contribution is 0.948. The number of nitrogens with two attached hydrogens (primary N) is 1. The highest BCUT2D eigenvalue weighted by molar-refractivity contribution is 5.67. The van der Waals surface area contributed by atoms with Gasteiger partial charge in [-0.1, -0.05) is 36.4 Å². The third kappa shape index (κ3) is 1.95. The fourth-order valence-corrected chi connectivity index (χ4v) is 1.11. The Kier molecular flexibility index (Phi) is 2.66. The average molecular weight is 161 g/mol. The minimum absolute atomic E-state index is 0.0341. The predicted molar refractivity (Wildman–Crippen MR) is 53.9 cm³/mol. The van der Waals surface area contributed by atoms with Crippen LogP contribution in [0.5, 0.6) is 0 Å². The molecule has 0 radical (unpaired) electrons. The molecule has 1 aromatic carbocycles. The number of hydrogen-bond acceptors (Lipinski definition) is 1. The van der Waals surface area contributed by atoms with Gasteiger partial charge >= 0.3 is 0 Å². The van der Waals surface area contributed by atoms with Crippen LogP contribution in [0.15, 0.2) is 30.8 Å². The van der Waals surface area contributed by atoms with E-state index in [1.54, 1.807) is 0 Å². The molecule has 0 aliphatic rings. The Balaban J connectivity index is 2.96. The lowest BCUT2D eigenvalue weighted by Crippen LogP contribution is -2.16. The van der Waals surface area contributed by atoms with E-state index in [0.717, 1.165) is 11.1 Å². The smallest absolute Gasteiger partial charge is 0.0266 e. The van der Waals surface area contributed by atoms with Crippen LogP contribution in [-0.2, 0) is 0 Å². The lowest BCUT2D eigenvalue weighted by Gasteiger charge is -2.09. The van der Waals surface area contributed by atoms with Crippen molar-refractivity contribution in [1.82, 2.24) is 0 Å². The summed E-state index contributed by atoms with van der Waals surface area (Å²) in [4.78, 5) is 0. The van der Waals surface area contributed by atoms with E-state index in [9.17, 15) is 0 Å². The first-order valence-electron chi connectivity index (χ1n) is 4.12. The van der Waals surface area contributed by atoms with Gasteiger partial charge in [-0.05, 0) is 25.0 Å². The molecule has 1 nitrogen and oxygen atoms in total. The van der Waals surface area contributed by atoms with Gasteiger partial charge in [0, 0.05) is 6.04 Å². The van der Waals surface area contributed by atoms with Gasteiger partial charge in [-0.2, -0.15) is 0 Å². The number of aryl methyl sites for hydroxylation is 1. The molecule has 1 atom stereocenters. The molecule has 64 valence electrons. The molecular weight excluding hydrogens is 146 g/mol. The Labute approximate surface area is 73.9 Å². The number of benzene rings is 1. The van der Waals surface area contributed by atoms with Crippen molar-refractivity contribution in [1.29, 1.82) is 0 Å². The van der Waals surface area contributed by atoms with Gasteiger partial charge in [0.05, 0.1) is 0 Å². The van der Waals surface area contributed by atoms with Crippen LogP contribution in [0.3, 0.4) is 0 Å². The zero-order valence-corrected chi connectivity index (χ0v) is 7.67. The minimum Gasteiger partial charge on any atom is -0.324 e. The van der Waals surface area contributed by atoms with Crippen molar-refractivity contribution in [2.45, 2.75) is 19.9 Å². The summed E-state index contributed by atoms with van der Waals surface area (Å²) in [6.07, 6.45) is 0. The topological polar surface area (TPSA) is 26.0 Å². The van der Waals surface area contributed by atoms with Gasteiger partial charge in [0.1, 0.15) is 0 Å². The zero-order valence-electron chi connectivity index (χ0n) is 7.67. The van der Waals surface area contributed by atoms with Crippen molar-refractivity contribution >= 4 is 5.57 Å². The second kappa shape index (κ2) is 3.55. The summed E-state index contributed by atoms with van der Waals surface area (Å²) in [5.41, 5.74) is 9.11. The Hall–Kier alpha value is -1.08. The second-order valence-electron chi connectivity index (χ2n) is 3.18. The molecule has 2 N–H and O–H groups in total. The van der Waals surface area contributed by atoms with E-state index >= 15 is 0 Å². The van der Waals surface area contributed by atoms with Crippen molar-refractivity contribution in [2.75, 3.05) is 0 Å². The molecule has 0 unspecified atom stereocenters. The van der Waals surface area contributed by atoms with E-state index < -0.39 is 0 Å². The van der Waals surface area contributed by atoms with Crippen LogP contribution >= 0.6 is 0 Å². The third-order valence-electron chi connectivity index (χ3n) is 1.94. The van der Waals surface area contributed by atoms with E-state index in [1.165, 1.54) is 5.56 Å². The molecule has 0 heterocycles. The largest absolute Gasteiger partial charge is 0.324 e. The number of hydrogen-bond donors (Lipinski definition) is 1. The highest BCUT2D eigenvalue weighted by atomic mass is 14.6. The van der Waals surface area contributed by atoms with Crippen LogP contribution in [0.4, 0.5) is 0 Å². The average Bonchev–Trinajstić information content (AvgIpc) is 2.03. The van der Waals surface area contributed by atoms with Crippen LogP contribution in [0.25, 0.3) is 5.57 Å². The van der Waals surface area contributed by atoms with Gasteiger partial charge in [0.25, 0.3) is 0 Å². The standard InChI is InChI=1S/C11H15N/c1-8-5-4-6-11(7-8)9(2)10(3)12/h4-7,10H,2,12H2,1,3H3/t10-/m0/s1. The second-order valence-corrected chi connectivity index (χ2v) is 3.18. The molecule has 0 amide bonds. The van der Waals surface area contributed by atoms with Crippen molar-refractivity contribution in [3.05, 3.63) is 42.0 Å². The fraction of sp³-hybridized carbons (Fsp3) is 0.273. The summed E-state index contributed by atoms with van der Waals surface area (Å²) in [7, 11) is 0. The maximum atomic E-state index is 5.72. The Morgan fingerprint density at radius 2 is 2.17 bits per heavy atom. The van der Waals surface area contributed by atoms with Crippen LogP contribution < -0.4 is 5.73 Å². The first-order chi connectivity index (χ1) is 5.61. The van der Waals surface area contributed by atoms with Gasteiger partial charge in [0.2, 0.25) is 0 Å². The van der Waals surface area contributed by atoms with E-state index in [0.29, 0.717) is 0 Å². The Bertz CT molecular complexity index is 287. The molecule has 1 rings (SSSR count). The van der Waals surface area contributed by atoms with Crippen LogP contribution in [-0.4, -0.2) is 6.04 Å². The predicted octanol–water partition coefficient (Wildman–Crippen LogP) is 2.36. The first kappa shape index (κ1) is 9.01. The van der Waals surface area contributed by atoms with Gasteiger partial charge < -0.3 is 5.73 Å². The number of rotatable bonds is 2. The molecular formula is C11H15N. The molecule has 0 aliphatic heterocycles. The molecule has 0 saturated carbocycles. The summed E-state index contributed by atoms with van der Waals surface area (Å²) < 4.78 is 0. The van der Waals surface area contributed by atoms with E-state index in [1.807, 2.05) is 19.1 Å². The van der Waals surface area contributed by atoms with Crippen molar-refractivity contribution in [3.8, 4) is 0 Å². The van der Waals surface area contributed by atoms with E-state index in [-0.39, 0.29) is 6.04 Å². The maximum Gasteiger partial charge on any atom is 0.0266 e. The highest BCUT2D eigenvalue weighted by Crippen LogP contribution is 2.15. The van der Waals surface area contributed by atoms with Crippen LogP contribution in [0.1, 0.15) is 18.1 Å². The van der Waals surface area contributed by atoms with Crippen molar-refractivity contribution < 1.29 is 0 Å². The summed E-state index contributed by atoms with van der Waals surface area (Å²) in [6, 6.07) is 8.27. The lowest BCUT2D eigenvalue weighted by atomic mass is 10.0. The SMILES string of the molecule is C=C(c1cccc(C)c1)[C@H](C)N. The van der Waals surface area contributed by atoms with Gasteiger partial charge in [0.15, 0.2) is 0 Å². The minimum atomic E-state index is 0.0341. The maximum absolute atomic E-state index is 5.72. The third-order valence-corrected chi connectivity index (χ3v) is 1.94. The fourth-order valence-electron chi connectivity index (χ4n) is 1.11. The van der Waals surface area contributed by atoms with E-state index in [4.69, 9.17) is 5.73 Å². The molecule has 0 saturated heterocycles. The molecule has 0 bridgehead atoms. The molecule has 1 aromatic rings. The van der Waals surface area contributed by atoms with Crippen molar-refractivity contribution in [2.24, 2.45) is 5.73 Å². The summed E-state index contributed by atoms with van der Waals surface area (Å²) in [5, 5.41) is 0. The molecule has 12 heavy (non-hydrogen) atoms. The van der Waals surface area contributed by atoms with Gasteiger partial charge in [-0.15, -0.1) is 0 Å². The normalized spacial score (nSPS) is 12.6. The molecule has 1 heteroatoms. The summed E-state index contributed by atoms with van der Waals surface area (Å²) >= 11 is 0. The Morgan fingerprint density at radius 1 is 1.50 bits per heavy atom. The van der Waals surface area contributed by atoms with Crippen LogP contribution in [0, 0.1) is 6.92 Å². The monoisotopic (exact) mass is 161 g/mol. The Morgan fingerprint density at radius 3 is 2.67 bits per heavy atom. The zero-order chi connectivity index (χ0) is 9.14. The molecule has 0 aliphatic carbocycles. The first-order valence-corrected chi connectivity index (χ1v) is 4.12. The van der Waals surface area contributed by atoms with Crippen LogP contribution in [0.2, 0.25) is 0 Å².